The normalized spacial score (nSPS) is 15.2. The molecule has 0 saturated carbocycles. The Hall–Kier alpha value is -2.73. The van der Waals surface area contributed by atoms with Crippen molar-refractivity contribution < 1.29 is 24.5 Å². The summed E-state index contributed by atoms with van der Waals surface area (Å²) in [5.74, 6) is 5.62. The molecule has 0 radical (unpaired) electrons. The average molecular weight is 364 g/mol. The summed E-state index contributed by atoms with van der Waals surface area (Å²) in [6, 6.07) is 0. The molecule has 2 N–H and O–H groups in total. The molecule has 1 amide bonds. The van der Waals surface area contributed by atoms with Gasteiger partial charge < -0.3 is 24.7 Å². The molecule has 0 bridgehead atoms. The highest BCUT2D eigenvalue weighted by molar-refractivity contribution is 5.90. The Morgan fingerprint density at radius 3 is 2.46 bits per heavy atom. The smallest absolute Gasteiger partial charge is 0.407 e. The number of carbonyl (C=O) groups is 2. The number of aliphatic hydroxyl groups excluding tert-OH is 1. The summed E-state index contributed by atoms with van der Waals surface area (Å²) >= 11 is 0. The van der Waals surface area contributed by atoms with Gasteiger partial charge in [-0.2, -0.15) is 0 Å². The van der Waals surface area contributed by atoms with E-state index in [1.807, 2.05) is 4.90 Å². The van der Waals surface area contributed by atoms with Gasteiger partial charge in [-0.05, 0) is 20.8 Å². The second-order valence-corrected chi connectivity index (χ2v) is 5.81. The van der Waals surface area contributed by atoms with Gasteiger partial charge in [0.15, 0.2) is 5.69 Å². The summed E-state index contributed by atoms with van der Waals surface area (Å²) in [6.07, 6.45) is -1.91. The van der Waals surface area contributed by atoms with Crippen molar-refractivity contribution in [1.29, 1.82) is 0 Å². The third kappa shape index (κ3) is 4.08. The van der Waals surface area contributed by atoms with Crippen LogP contribution in [0.1, 0.15) is 43.1 Å². The minimum absolute atomic E-state index is 0.181. The Morgan fingerprint density at radius 1 is 1.31 bits per heavy atom. The average Bonchev–Trinajstić information content (AvgIpc) is 3.00. The number of hydrogen-bond acceptors (Lipinski definition) is 6. The number of esters is 1. The van der Waals surface area contributed by atoms with Crippen molar-refractivity contribution in [1.82, 2.24) is 14.5 Å². The molecule has 0 aliphatic carbocycles. The van der Waals surface area contributed by atoms with E-state index in [1.165, 1.54) is 11.8 Å². The van der Waals surface area contributed by atoms with Crippen LogP contribution in [0.4, 0.5) is 10.7 Å². The van der Waals surface area contributed by atoms with E-state index in [9.17, 15) is 14.7 Å². The van der Waals surface area contributed by atoms with Crippen LogP contribution in [0.5, 0.6) is 0 Å². The fourth-order valence-corrected chi connectivity index (χ4v) is 2.81. The minimum atomic E-state index is -0.957. The van der Waals surface area contributed by atoms with Crippen LogP contribution < -0.4 is 4.90 Å². The van der Waals surface area contributed by atoms with E-state index in [1.54, 1.807) is 18.4 Å². The van der Waals surface area contributed by atoms with Crippen molar-refractivity contribution in [3.8, 4) is 11.8 Å². The number of aliphatic hydroxyl groups is 1. The molecule has 1 aromatic rings. The maximum Gasteiger partial charge on any atom is 0.407 e. The first-order valence-corrected chi connectivity index (χ1v) is 8.48. The quantitative estimate of drug-likeness (QED) is 0.591. The lowest BCUT2D eigenvalue weighted by atomic mass is 10.2. The first kappa shape index (κ1) is 19.6. The van der Waals surface area contributed by atoms with Gasteiger partial charge in [-0.15, -0.1) is 5.92 Å². The molecule has 142 valence electrons. The van der Waals surface area contributed by atoms with Gasteiger partial charge in [0.05, 0.1) is 19.3 Å². The lowest BCUT2D eigenvalue weighted by Gasteiger charge is -2.33. The third-order valence-electron chi connectivity index (χ3n) is 4.09. The number of rotatable bonds is 5. The van der Waals surface area contributed by atoms with Crippen LogP contribution in [0.2, 0.25) is 0 Å². The molecule has 1 aromatic heterocycles. The fraction of sp³-hybridized carbons (Fsp3) is 0.588. The molecular formula is C17H24N4O5. The Bertz CT molecular complexity index is 723. The second kappa shape index (κ2) is 8.58. The Kier molecular flexibility index (Phi) is 6.46. The molecule has 1 unspecified atom stereocenters. The van der Waals surface area contributed by atoms with Crippen molar-refractivity contribution in [2.24, 2.45) is 0 Å². The van der Waals surface area contributed by atoms with Crippen LogP contribution in [0.15, 0.2) is 0 Å². The highest BCUT2D eigenvalue weighted by Gasteiger charge is 2.30. The van der Waals surface area contributed by atoms with Crippen molar-refractivity contribution in [3.05, 3.63) is 11.4 Å². The summed E-state index contributed by atoms with van der Waals surface area (Å²) in [4.78, 5) is 31.2. The van der Waals surface area contributed by atoms with Crippen LogP contribution in [0.3, 0.4) is 0 Å². The predicted octanol–water partition coefficient (Wildman–Crippen LogP) is 0.936. The molecular weight excluding hydrogens is 340 g/mol. The Balaban J connectivity index is 2.44. The molecule has 9 heteroatoms. The number of hydrogen-bond donors (Lipinski definition) is 2. The predicted molar refractivity (Wildman–Crippen MR) is 94.1 cm³/mol. The molecule has 2 rings (SSSR count). The van der Waals surface area contributed by atoms with Crippen molar-refractivity contribution in [2.75, 3.05) is 37.7 Å². The van der Waals surface area contributed by atoms with Crippen molar-refractivity contribution >= 4 is 18.0 Å². The van der Waals surface area contributed by atoms with E-state index in [4.69, 9.17) is 9.84 Å². The SMILES string of the molecule is CC#CCn1c(N2CCN(C(=O)O)CC2)nc(C(C)O)c1C(=O)OCC. The first-order chi connectivity index (χ1) is 12.4. The van der Waals surface area contributed by atoms with Crippen molar-refractivity contribution in [2.45, 2.75) is 33.4 Å². The number of imidazole rings is 1. The van der Waals surface area contributed by atoms with Gasteiger partial charge in [0.25, 0.3) is 0 Å². The van der Waals surface area contributed by atoms with Crippen LogP contribution in [-0.4, -0.2) is 69.5 Å². The second-order valence-electron chi connectivity index (χ2n) is 5.81. The van der Waals surface area contributed by atoms with Gasteiger partial charge in [0, 0.05) is 26.2 Å². The molecule has 1 aliphatic rings. The summed E-state index contributed by atoms with van der Waals surface area (Å²) < 4.78 is 6.76. The molecule has 1 atom stereocenters. The zero-order chi connectivity index (χ0) is 19.3. The number of carbonyl (C=O) groups excluding carboxylic acids is 1. The summed E-state index contributed by atoms with van der Waals surface area (Å²) in [5, 5.41) is 19.2. The monoisotopic (exact) mass is 364 g/mol. The highest BCUT2D eigenvalue weighted by atomic mass is 16.5. The molecule has 0 aromatic carbocycles. The van der Waals surface area contributed by atoms with Crippen LogP contribution in [0, 0.1) is 11.8 Å². The number of anilines is 1. The molecule has 1 aliphatic heterocycles. The van der Waals surface area contributed by atoms with Gasteiger partial charge in [-0.25, -0.2) is 14.6 Å². The van der Waals surface area contributed by atoms with Gasteiger partial charge in [0.1, 0.15) is 5.69 Å². The van der Waals surface area contributed by atoms with Crippen LogP contribution in [-0.2, 0) is 11.3 Å². The maximum atomic E-state index is 12.4. The number of ether oxygens (including phenoxy) is 1. The lowest BCUT2D eigenvalue weighted by molar-refractivity contribution is 0.0507. The van der Waals surface area contributed by atoms with Gasteiger partial charge in [0.2, 0.25) is 5.95 Å². The molecule has 0 spiro atoms. The first-order valence-electron chi connectivity index (χ1n) is 8.48. The molecule has 1 saturated heterocycles. The summed E-state index contributed by atoms with van der Waals surface area (Å²) in [7, 11) is 0. The molecule has 9 nitrogen and oxygen atoms in total. The largest absolute Gasteiger partial charge is 0.465 e. The number of aromatic nitrogens is 2. The zero-order valence-electron chi connectivity index (χ0n) is 15.2. The Morgan fingerprint density at radius 2 is 1.96 bits per heavy atom. The van der Waals surface area contributed by atoms with Crippen LogP contribution in [0.25, 0.3) is 0 Å². The summed E-state index contributed by atoms with van der Waals surface area (Å²) in [5.41, 5.74) is 0.414. The van der Waals surface area contributed by atoms with E-state index in [0.717, 1.165) is 0 Å². The van der Waals surface area contributed by atoms with Gasteiger partial charge in [-0.3, -0.25) is 4.57 Å². The molecule has 2 heterocycles. The fourth-order valence-electron chi connectivity index (χ4n) is 2.81. The number of nitrogens with zero attached hydrogens (tertiary/aromatic N) is 4. The number of carboxylic acid groups (broad SMARTS) is 1. The van der Waals surface area contributed by atoms with E-state index >= 15 is 0 Å². The van der Waals surface area contributed by atoms with E-state index in [2.05, 4.69) is 16.8 Å². The van der Waals surface area contributed by atoms with E-state index in [0.29, 0.717) is 32.1 Å². The lowest BCUT2D eigenvalue weighted by Crippen LogP contribution is -2.49. The topological polar surface area (TPSA) is 108 Å². The van der Waals surface area contributed by atoms with E-state index in [-0.39, 0.29) is 24.5 Å². The molecule has 1 fully saturated rings. The van der Waals surface area contributed by atoms with E-state index < -0.39 is 18.2 Å². The van der Waals surface area contributed by atoms with Gasteiger partial charge >= 0.3 is 12.1 Å². The highest BCUT2D eigenvalue weighted by Crippen LogP contribution is 2.26. The number of amides is 1. The zero-order valence-corrected chi connectivity index (χ0v) is 15.2. The molecule has 26 heavy (non-hydrogen) atoms. The Labute approximate surface area is 152 Å². The standard InChI is InChI=1S/C17H24N4O5/c1-4-6-7-21-14(15(23)26-5-2)13(12(3)22)18-16(21)19-8-10-20(11-9-19)17(24)25/h12,22H,5,7-11H2,1-3H3,(H,24,25). The van der Waals surface area contributed by atoms with Gasteiger partial charge in [-0.1, -0.05) is 5.92 Å². The maximum absolute atomic E-state index is 12.4. The minimum Gasteiger partial charge on any atom is -0.465 e. The number of piperazine rings is 1. The third-order valence-corrected chi connectivity index (χ3v) is 4.09. The van der Waals surface area contributed by atoms with Crippen molar-refractivity contribution in [3.63, 3.8) is 0 Å². The van der Waals surface area contributed by atoms with Crippen LogP contribution >= 0.6 is 0 Å². The summed E-state index contributed by atoms with van der Waals surface area (Å²) in [6.45, 7) is 6.90.